The first-order chi connectivity index (χ1) is 35.4. The van der Waals surface area contributed by atoms with Crippen LogP contribution in [0.2, 0.25) is 0 Å². The summed E-state index contributed by atoms with van der Waals surface area (Å²) in [5.41, 5.74) is 6.12. The molecule has 3 heterocycles. The predicted molar refractivity (Wildman–Crippen MR) is 290 cm³/mol. The second-order valence-electron chi connectivity index (χ2n) is 20.0. The third-order valence-electron chi connectivity index (χ3n) is 12.0. The predicted octanol–water partition coefficient (Wildman–Crippen LogP) is 12.5. The minimum absolute atomic E-state index is 0. The zero-order chi connectivity index (χ0) is 52.8. The van der Waals surface area contributed by atoms with Crippen molar-refractivity contribution in [1.82, 2.24) is 15.2 Å². The van der Waals surface area contributed by atoms with Crippen LogP contribution in [0.15, 0.2) is 161 Å². The maximum absolute atomic E-state index is 13.5. The largest absolute Gasteiger partial charge is 0.489 e. The van der Waals surface area contributed by atoms with Crippen LogP contribution < -0.4 is 20.1 Å². The first-order valence-electron chi connectivity index (χ1n) is 24.2. The molecule has 76 heavy (non-hydrogen) atoms. The summed E-state index contributed by atoms with van der Waals surface area (Å²) in [7, 11) is 0. The molecule has 0 bridgehead atoms. The molecule has 4 amide bonds. The third-order valence-corrected chi connectivity index (χ3v) is 12.0. The van der Waals surface area contributed by atoms with Gasteiger partial charge in [-0.2, -0.15) is 0 Å². The van der Waals surface area contributed by atoms with Gasteiger partial charge in [0.05, 0.1) is 23.9 Å². The van der Waals surface area contributed by atoms with Gasteiger partial charge in [0.15, 0.2) is 0 Å². The summed E-state index contributed by atoms with van der Waals surface area (Å²) >= 11 is 0. The summed E-state index contributed by atoms with van der Waals surface area (Å²) < 4.78 is 27.1. The lowest BCUT2D eigenvalue weighted by Gasteiger charge is -2.22. The normalized spacial score (nSPS) is 13.8. The van der Waals surface area contributed by atoms with E-state index in [0.717, 1.165) is 33.5 Å². The lowest BCUT2D eigenvalue weighted by atomic mass is 9.91. The summed E-state index contributed by atoms with van der Waals surface area (Å²) in [6.45, 7) is 12.0. The lowest BCUT2D eigenvalue weighted by molar-refractivity contribution is -0.137. The molecule has 400 valence electrons. The van der Waals surface area contributed by atoms with Crippen molar-refractivity contribution in [2.75, 3.05) is 17.2 Å². The van der Waals surface area contributed by atoms with E-state index >= 15 is 0 Å². The Kier molecular flexibility index (Phi) is 20.4. The number of hydrogen-bond acceptors (Lipinski definition) is 12. The summed E-state index contributed by atoms with van der Waals surface area (Å²) in [6, 6.07) is 42.5. The second kappa shape index (κ2) is 26.6. The summed E-state index contributed by atoms with van der Waals surface area (Å²) in [4.78, 5) is 63.1. The van der Waals surface area contributed by atoms with Crippen LogP contribution in [0.4, 0.5) is 16.2 Å². The first kappa shape index (κ1) is 58.4. The van der Waals surface area contributed by atoms with Gasteiger partial charge < -0.3 is 39.0 Å². The first-order valence-corrected chi connectivity index (χ1v) is 24.2. The van der Waals surface area contributed by atoms with Crippen LogP contribution in [0.3, 0.4) is 0 Å². The van der Waals surface area contributed by atoms with Crippen molar-refractivity contribution in [3.05, 3.63) is 191 Å². The average molecular weight is 1040 g/mol. The number of nitrogens with zero attached hydrogens (tertiary/aromatic N) is 3. The van der Waals surface area contributed by atoms with E-state index in [1.54, 1.807) is 24.3 Å². The molecule has 3 atom stereocenters. The van der Waals surface area contributed by atoms with Crippen LogP contribution in [0, 0.1) is 10.8 Å². The second-order valence-corrected chi connectivity index (χ2v) is 20.0. The highest BCUT2D eigenvalue weighted by Gasteiger charge is 2.39. The maximum atomic E-state index is 13.5. The molecular weight excluding hydrogens is 967 g/mol. The van der Waals surface area contributed by atoms with Gasteiger partial charge >= 0.3 is 12.1 Å². The van der Waals surface area contributed by atoms with Crippen LogP contribution in [0.5, 0.6) is 11.5 Å². The fourth-order valence-electron chi connectivity index (χ4n) is 7.88. The minimum Gasteiger partial charge on any atom is -0.489 e. The molecule has 3 N–H and O–H groups in total. The van der Waals surface area contributed by atoms with Gasteiger partial charge in [0.2, 0.25) is 17.7 Å². The minimum atomic E-state index is -0.910. The number of carbonyl (C=O) groups excluding carboxylic acids is 4. The molecule has 1 aliphatic heterocycles. The standard InChI is InChI=1S/C34H35N3O6.C24H26N2O5.2CH4/c1-34(2,3)32(39)35-26-11-7-10-24(18-26)21-41-28-14-12-25(13-15-28)29(30-16-17-43-36-30)20-31(38)37-27(22-42-33(37)40)19-23-8-5-4-6-9-23;1-24(2,3)23(29)25-18-6-4-5-16(13-18)15-30-19-9-7-17(8-10-19)20(14-22(27)28)21-11-12-31-26-21;;/h4-18,27,29H,19-22H2,1-3H3,(H,35,39);4-13,20H,14-15H2,1-3H3,(H,25,29)(H,27,28);2*1H4/t27-,29-;20-;;/m00../s1. The lowest BCUT2D eigenvalue weighted by Crippen LogP contribution is -2.40. The van der Waals surface area contributed by atoms with Crippen molar-refractivity contribution in [2.24, 2.45) is 10.8 Å². The zero-order valence-electron chi connectivity index (χ0n) is 42.3. The molecule has 5 aromatic carbocycles. The van der Waals surface area contributed by atoms with E-state index < -0.39 is 34.7 Å². The number of imide groups is 1. The highest BCUT2D eigenvalue weighted by molar-refractivity contribution is 5.95. The van der Waals surface area contributed by atoms with Crippen molar-refractivity contribution in [2.45, 2.75) is 107 Å². The van der Waals surface area contributed by atoms with Crippen LogP contribution in [-0.2, 0) is 43.5 Å². The molecule has 16 nitrogen and oxygen atoms in total. The molecule has 0 radical (unpaired) electrons. The number of carboxylic acid groups (broad SMARTS) is 1. The highest BCUT2D eigenvalue weighted by atomic mass is 16.6. The number of cyclic esters (lactones) is 1. The van der Waals surface area contributed by atoms with Crippen molar-refractivity contribution in [3.8, 4) is 11.5 Å². The Morgan fingerprint density at radius 1 is 0.618 bits per heavy atom. The van der Waals surface area contributed by atoms with Gasteiger partial charge in [-0.15, -0.1) is 0 Å². The number of rotatable bonds is 18. The number of carboxylic acids is 1. The Bertz CT molecular complexity index is 2960. The van der Waals surface area contributed by atoms with Crippen molar-refractivity contribution in [1.29, 1.82) is 0 Å². The van der Waals surface area contributed by atoms with Crippen molar-refractivity contribution < 1.29 is 52.3 Å². The number of anilines is 2. The molecule has 8 rings (SSSR count). The van der Waals surface area contributed by atoms with E-state index in [2.05, 4.69) is 20.9 Å². The Balaban J connectivity index is 0.000000288. The molecular formula is C60H69N5O11. The number of aliphatic carboxylic acids is 1. The number of amides is 4. The van der Waals surface area contributed by atoms with Crippen molar-refractivity contribution in [3.63, 3.8) is 0 Å². The molecule has 1 saturated heterocycles. The molecule has 0 saturated carbocycles. The van der Waals surface area contributed by atoms with Gasteiger partial charge in [-0.25, -0.2) is 9.69 Å². The fraction of sp³-hybridized carbons (Fsp3) is 0.317. The molecule has 1 aliphatic rings. The topological polar surface area (TPSA) is 213 Å². The van der Waals surface area contributed by atoms with Gasteiger partial charge in [-0.1, -0.05) is 146 Å². The summed E-state index contributed by atoms with van der Waals surface area (Å²) in [5, 5.41) is 23.1. The SMILES string of the molecule is C.C.CC(C)(C)C(=O)Nc1cccc(COc2ccc([C@H](CC(=O)N3C(=O)OC[C@@H]3Cc3ccccc3)c3ccon3)cc2)c1.CC(C)(C)C(=O)Nc1cccc(COc2ccc([C@H](CC(=O)O)c3ccon3)cc2)c1. The van der Waals surface area contributed by atoms with Gasteiger partial charge in [0.25, 0.3) is 0 Å². The number of nitrogens with one attached hydrogen (secondary N) is 2. The number of benzene rings is 5. The Labute approximate surface area is 444 Å². The van der Waals surface area contributed by atoms with Crippen LogP contribution in [-0.4, -0.2) is 62.8 Å². The quantitative estimate of drug-likeness (QED) is 0.0731. The molecule has 2 aromatic heterocycles. The summed E-state index contributed by atoms with van der Waals surface area (Å²) in [6.07, 6.45) is 2.71. The number of ether oxygens (including phenoxy) is 3. The Morgan fingerprint density at radius 3 is 1.49 bits per heavy atom. The van der Waals surface area contributed by atoms with E-state index in [0.29, 0.717) is 48.2 Å². The Hall–Kier alpha value is -8.53. The fourth-order valence-corrected chi connectivity index (χ4v) is 7.88. The molecule has 7 aromatic rings. The van der Waals surface area contributed by atoms with Gasteiger partial charge in [-0.05, 0) is 82.8 Å². The molecule has 1 fully saturated rings. The van der Waals surface area contributed by atoms with Gasteiger partial charge in [0, 0.05) is 52.6 Å². The van der Waals surface area contributed by atoms with Crippen LogP contribution in [0.25, 0.3) is 0 Å². The summed E-state index contributed by atoms with van der Waals surface area (Å²) in [5.74, 6) is -0.894. The Morgan fingerprint density at radius 2 is 1.07 bits per heavy atom. The highest BCUT2D eigenvalue weighted by Crippen LogP contribution is 2.32. The van der Waals surface area contributed by atoms with E-state index in [4.69, 9.17) is 23.3 Å². The molecule has 0 aliphatic carbocycles. The number of hydrogen-bond donors (Lipinski definition) is 3. The third kappa shape index (κ3) is 16.5. The monoisotopic (exact) mass is 1040 g/mol. The van der Waals surface area contributed by atoms with E-state index in [-0.39, 0.29) is 58.1 Å². The number of carbonyl (C=O) groups is 5. The zero-order valence-corrected chi connectivity index (χ0v) is 42.3. The van der Waals surface area contributed by atoms with E-state index in [9.17, 15) is 29.1 Å². The maximum Gasteiger partial charge on any atom is 0.416 e. The van der Waals surface area contributed by atoms with Crippen LogP contribution in [0.1, 0.15) is 120 Å². The number of aromatic nitrogens is 2. The van der Waals surface area contributed by atoms with Crippen LogP contribution >= 0.6 is 0 Å². The molecule has 0 unspecified atom stereocenters. The van der Waals surface area contributed by atoms with E-state index in [1.165, 1.54) is 17.4 Å². The smallest absolute Gasteiger partial charge is 0.416 e. The van der Waals surface area contributed by atoms with Gasteiger partial charge in [-0.3, -0.25) is 19.2 Å². The van der Waals surface area contributed by atoms with Gasteiger partial charge in [0.1, 0.15) is 43.8 Å². The molecule has 0 spiro atoms. The average Bonchev–Trinajstić information content (AvgIpc) is 4.19. The van der Waals surface area contributed by atoms with E-state index in [1.807, 2.05) is 157 Å². The molecule has 16 heteroatoms. The van der Waals surface area contributed by atoms with Crippen molar-refractivity contribution >= 4 is 41.2 Å².